The number of rotatable bonds is 7. The van der Waals surface area contributed by atoms with Crippen LogP contribution in [0.3, 0.4) is 0 Å². The Labute approximate surface area is 249 Å². The fraction of sp³-hybridized carbons (Fsp3) is 0.412. The molecule has 1 aliphatic carbocycles. The number of halogens is 2. The van der Waals surface area contributed by atoms with Gasteiger partial charge in [0.25, 0.3) is 0 Å². The SMILES string of the molecule is C#Cc1c(F)ccc2cc(O)cc(-c3ccc4c(N5CC[C@@H]6CCC(C5)N6)nc(OCC5(CN(C)C)CC5)nc4c3F)c12. The Balaban J connectivity index is 1.38. The van der Waals surface area contributed by atoms with Gasteiger partial charge in [-0.15, -0.1) is 6.42 Å². The quantitative estimate of drug-likeness (QED) is 0.280. The molecular weight excluding hydrogens is 548 g/mol. The number of terminal acetylenes is 1. The van der Waals surface area contributed by atoms with Crippen LogP contribution in [-0.4, -0.2) is 72.4 Å². The Morgan fingerprint density at radius 1 is 1.09 bits per heavy atom. The number of benzene rings is 3. The zero-order chi connectivity index (χ0) is 29.9. The van der Waals surface area contributed by atoms with E-state index < -0.39 is 11.6 Å². The number of phenols is 1. The first-order valence-corrected chi connectivity index (χ1v) is 14.9. The molecule has 2 saturated heterocycles. The number of hydrogen-bond donors (Lipinski definition) is 2. The molecule has 3 aliphatic rings. The third-order valence-electron chi connectivity index (χ3n) is 9.19. The minimum atomic E-state index is -0.603. The van der Waals surface area contributed by atoms with Crippen LogP contribution in [0.5, 0.6) is 11.8 Å². The third-order valence-corrected chi connectivity index (χ3v) is 9.19. The molecule has 7 rings (SSSR count). The van der Waals surface area contributed by atoms with Crippen molar-refractivity contribution in [3.05, 3.63) is 53.6 Å². The molecule has 222 valence electrons. The van der Waals surface area contributed by atoms with E-state index in [9.17, 15) is 9.50 Å². The molecule has 1 aromatic heterocycles. The van der Waals surface area contributed by atoms with Crippen molar-refractivity contribution in [3.63, 3.8) is 0 Å². The van der Waals surface area contributed by atoms with Gasteiger partial charge in [-0.2, -0.15) is 9.97 Å². The summed E-state index contributed by atoms with van der Waals surface area (Å²) in [5.74, 6) is 1.80. The van der Waals surface area contributed by atoms with E-state index in [2.05, 4.69) is 26.0 Å². The smallest absolute Gasteiger partial charge is 0.319 e. The average Bonchev–Trinajstić information content (AvgIpc) is 3.64. The van der Waals surface area contributed by atoms with Gasteiger partial charge in [-0.3, -0.25) is 0 Å². The molecule has 4 aromatic rings. The van der Waals surface area contributed by atoms with E-state index >= 15 is 4.39 Å². The Kier molecular flexibility index (Phi) is 6.87. The summed E-state index contributed by atoms with van der Waals surface area (Å²) < 4.78 is 37.8. The third kappa shape index (κ3) is 5.13. The molecule has 7 nitrogen and oxygen atoms in total. The highest BCUT2D eigenvalue weighted by molar-refractivity contribution is 6.04. The number of ether oxygens (including phenoxy) is 1. The Morgan fingerprint density at radius 3 is 2.67 bits per heavy atom. The standard InChI is InChI=1S/C34H35F2N5O2/c1-4-24-28(35)10-5-20-15-23(42)16-27(29(20)24)25-8-9-26-31(30(25)36)38-33(43-19-34(12-13-34)18-40(2)3)39-32(26)41-14-11-21-6-7-22(17-41)37-21/h1,5,8-10,15-16,21-22,37,42H,6-7,11-14,17-19H2,2-3H3/t21-,22?/m0/s1. The van der Waals surface area contributed by atoms with E-state index in [-0.39, 0.29) is 33.8 Å². The first-order chi connectivity index (χ1) is 20.7. The molecule has 2 atom stereocenters. The van der Waals surface area contributed by atoms with Crippen molar-refractivity contribution in [3.8, 4) is 35.2 Å². The summed E-state index contributed by atoms with van der Waals surface area (Å²) in [7, 11) is 4.09. The van der Waals surface area contributed by atoms with Crippen molar-refractivity contribution in [2.24, 2.45) is 5.41 Å². The highest BCUT2D eigenvalue weighted by atomic mass is 19.1. The zero-order valence-electron chi connectivity index (χ0n) is 24.5. The number of aromatic hydroxyl groups is 1. The van der Waals surface area contributed by atoms with Crippen molar-refractivity contribution >= 4 is 27.5 Å². The lowest BCUT2D eigenvalue weighted by Crippen LogP contribution is -2.36. The molecule has 0 radical (unpaired) electrons. The summed E-state index contributed by atoms with van der Waals surface area (Å²) in [5.41, 5.74) is 0.636. The molecule has 0 amide bonds. The van der Waals surface area contributed by atoms with Crippen LogP contribution < -0.4 is 15.0 Å². The molecule has 2 aliphatic heterocycles. The summed E-state index contributed by atoms with van der Waals surface area (Å²) in [6.45, 7) is 2.89. The summed E-state index contributed by atoms with van der Waals surface area (Å²) >= 11 is 0. The number of anilines is 1. The highest BCUT2D eigenvalue weighted by Crippen LogP contribution is 2.46. The van der Waals surface area contributed by atoms with Crippen LogP contribution in [0.25, 0.3) is 32.8 Å². The predicted molar refractivity (Wildman–Crippen MR) is 164 cm³/mol. The topological polar surface area (TPSA) is 73.8 Å². The van der Waals surface area contributed by atoms with E-state index in [1.54, 1.807) is 6.07 Å². The minimum absolute atomic E-state index is 0.0159. The minimum Gasteiger partial charge on any atom is -0.508 e. The molecule has 43 heavy (non-hydrogen) atoms. The second kappa shape index (κ2) is 10.6. The van der Waals surface area contributed by atoms with Crippen molar-refractivity contribution in [2.45, 2.75) is 44.2 Å². The molecule has 3 fully saturated rings. The van der Waals surface area contributed by atoms with Gasteiger partial charge in [-0.25, -0.2) is 8.78 Å². The molecule has 3 heterocycles. The van der Waals surface area contributed by atoms with Crippen molar-refractivity contribution in [1.29, 1.82) is 0 Å². The lowest BCUT2D eigenvalue weighted by atomic mass is 9.93. The van der Waals surface area contributed by atoms with Gasteiger partial charge in [0.15, 0.2) is 5.82 Å². The molecule has 1 saturated carbocycles. The van der Waals surface area contributed by atoms with Gasteiger partial charge in [-0.1, -0.05) is 18.1 Å². The second-order valence-corrected chi connectivity index (χ2v) is 12.7. The summed E-state index contributed by atoms with van der Waals surface area (Å²) in [6, 6.07) is 10.1. The maximum Gasteiger partial charge on any atom is 0.319 e. The first kappa shape index (κ1) is 27.8. The molecule has 1 unspecified atom stereocenters. The zero-order valence-corrected chi connectivity index (χ0v) is 24.5. The average molecular weight is 584 g/mol. The Bertz CT molecular complexity index is 1780. The van der Waals surface area contributed by atoms with Gasteiger partial charge in [0, 0.05) is 53.5 Å². The van der Waals surface area contributed by atoms with Crippen LogP contribution in [0, 0.1) is 29.4 Å². The summed E-state index contributed by atoms with van der Waals surface area (Å²) in [5, 5.41) is 15.7. The molecule has 2 N–H and O–H groups in total. The van der Waals surface area contributed by atoms with Crippen LogP contribution in [0.15, 0.2) is 36.4 Å². The first-order valence-electron chi connectivity index (χ1n) is 14.9. The maximum absolute atomic E-state index is 16.8. The maximum atomic E-state index is 16.8. The van der Waals surface area contributed by atoms with Crippen molar-refractivity contribution in [2.75, 3.05) is 45.2 Å². The number of fused-ring (bicyclic) bond motifs is 4. The lowest BCUT2D eigenvalue weighted by Gasteiger charge is -2.27. The van der Waals surface area contributed by atoms with Gasteiger partial charge >= 0.3 is 6.01 Å². The van der Waals surface area contributed by atoms with Crippen LogP contribution in [0.1, 0.15) is 37.7 Å². The van der Waals surface area contributed by atoms with Gasteiger partial charge < -0.3 is 25.0 Å². The number of nitrogens with zero attached hydrogens (tertiary/aromatic N) is 4. The predicted octanol–water partition coefficient (Wildman–Crippen LogP) is 5.47. The number of aromatic nitrogens is 2. The van der Waals surface area contributed by atoms with Crippen LogP contribution in [0.2, 0.25) is 0 Å². The van der Waals surface area contributed by atoms with Gasteiger partial charge in [-0.05, 0) is 81.4 Å². The van der Waals surface area contributed by atoms with Gasteiger partial charge in [0.2, 0.25) is 0 Å². The fourth-order valence-corrected chi connectivity index (χ4v) is 6.97. The number of hydrogen-bond acceptors (Lipinski definition) is 7. The van der Waals surface area contributed by atoms with Crippen LogP contribution in [0.4, 0.5) is 14.6 Å². The van der Waals surface area contributed by atoms with Crippen LogP contribution >= 0.6 is 0 Å². The van der Waals surface area contributed by atoms with Crippen molar-refractivity contribution in [1.82, 2.24) is 20.2 Å². The second-order valence-electron chi connectivity index (χ2n) is 12.7. The number of phenolic OH excluding ortho intramolecular Hbond substituents is 1. The monoisotopic (exact) mass is 583 g/mol. The van der Waals surface area contributed by atoms with E-state index in [4.69, 9.17) is 16.1 Å². The van der Waals surface area contributed by atoms with E-state index in [1.165, 1.54) is 30.7 Å². The highest BCUT2D eigenvalue weighted by Gasteiger charge is 2.44. The van der Waals surface area contributed by atoms with Gasteiger partial charge in [0.05, 0.1) is 12.2 Å². The molecule has 9 heteroatoms. The fourth-order valence-electron chi connectivity index (χ4n) is 6.97. The van der Waals surface area contributed by atoms with E-state index in [0.29, 0.717) is 46.2 Å². The summed E-state index contributed by atoms with van der Waals surface area (Å²) in [4.78, 5) is 13.9. The van der Waals surface area contributed by atoms with Crippen LogP contribution in [-0.2, 0) is 0 Å². The molecule has 2 bridgehead atoms. The summed E-state index contributed by atoms with van der Waals surface area (Å²) in [6.07, 6.45) is 11.1. The van der Waals surface area contributed by atoms with Crippen molar-refractivity contribution < 1.29 is 18.6 Å². The van der Waals surface area contributed by atoms with E-state index in [1.807, 2.05) is 20.2 Å². The molecule has 3 aromatic carbocycles. The Morgan fingerprint density at radius 2 is 1.91 bits per heavy atom. The largest absolute Gasteiger partial charge is 0.508 e. The molecule has 0 spiro atoms. The van der Waals surface area contributed by atoms with E-state index in [0.717, 1.165) is 45.3 Å². The lowest BCUT2D eigenvalue weighted by molar-refractivity contribution is 0.183. The Hall–Kier alpha value is -4.00. The normalized spacial score (nSPS) is 20.9. The molecular formula is C34H35F2N5O2. The number of nitrogens with one attached hydrogen (secondary N) is 1. The van der Waals surface area contributed by atoms with Gasteiger partial charge in [0.1, 0.15) is 22.9 Å².